The Bertz CT molecular complexity index is 3570. The summed E-state index contributed by atoms with van der Waals surface area (Å²) in [6.07, 6.45) is 0. The van der Waals surface area contributed by atoms with E-state index >= 15 is 0 Å². The highest BCUT2D eigenvalue weighted by Gasteiger charge is 2.19. The number of anilines is 3. The lowest BCUT2D eigenvalue weighted by Crippen LogP contribution is -2.11. The number of benzene rings is 10. The fraction of sp³-hybridized carbons (Fsp3) is 0. The molecule has 0 fully saturated rings. The molecule has 4 heteroatoms. The zero-order chi connectivity index (χ0) is 40.3. The molecule has 0 aliphatic heterocycles. The van der Waals surface area contributed by atoms with Gasteiger partial charge in [0.1, 0.15) is 5.01 Å². The number of para-hydroxylation sites is 1. The second-order valence-electron chi connectivity index (χ2n) is 15.5. The number of thiazole rings is 1. The Balaban J connectivity index is 0.940. The molecule has 10 aromatic carbocycles. The largest absolute Gasteiger partial charge is 0.310 e. The molecule has 0 atom stereocenters. The Morgan fingerprint density at radius 3 is 1.74 bits per heavy atom. The van der Waals surface area contributed by atoms with Crippen molar-refractivity contribution in [2.75, 3.05) is 4.90 Å². The van der Waals surface area contributed by atoms with Crippen LogP contribution >= 0.6 is 22.7 Å². The van der Waals surface area contributed by atoms with Crippen molar-refractivity contribution in [3.8, 4) is 44.0 Å². The number of fused-ring (bicyclic) bond motifs is 8. The van der Waals surface area contributed by atoms with Crippen LogP contribution in [-0.4, -0.2) is 4.98 Å². The van der Waals surface area contributed by atoms with E-state index in [1.807, 2.05) is 11.3 Å². The number of thiophene rings is 1. The maximum atomic E-state index is 5.03. The molecule has 286 valence electrons. The molecule has 0 aliphatic carbocycles. The van der Waals surface area contributed by atoms with Gasteiger partial charge in [-0.3, -0.25) is 0 Å². The molecular weight excluding hydrogens is 777 g/mol. The van der Waals surface area contributed by atoms with Crippen LogP contribution in [0.1, 0.15) is 0 Å². The van der Waals surface area contributed by atoms with E-state index in [1.165, 1.54) is 79.8 Å². The van der Waals surface area contributed by atoms with Crippen LogP contribution in [0.3, 0.4) is 0 Å². The lowest BCUT2D eigenvalue weighted by Gasteiger charge is -2.28. The van der Waals surface area contributed by atoms with Gasteiger partial charge >= 0.3 is 0 Å². The van der Waals surface area contributed by atoms with Crippen LogP contribution in [0, 0.1) is 0 Å². The van der Waals surface area contributed by atoms with Crippen molar-refractivity contribution < 1.29 is 0 Å². The molecule has 2 nitrogen and oxygen atoms in total. The number of rotatable bonds is 7. The van der Waals surface area contributed by atoms with Crippen LogP contribution in [-0.2, 0) is 0 Å². The third-order valence-corrected chi connectivity index (χ3v) is 14.2. The molecule has 0 aliphatic rings. The summed E-state index contributed by atoms with van der Waals surface area (Å²) in [7, 11) is 0. The van der Waals surface area contributed by atoms with Crippen LogP contribution < -0.4 is 4.90 Å². The van der Waals surface area contributed by atoms with Crippen molar-refractivity contribution in [1.29, 1.82) is 0 Å². The van der Waals surface area contributed by atoms with Gasteiger partial charge in [-0.05, 0) is 104 Å². The van der Waals surface area contributed by atoms with E-state index in [-0.39, 0.29) is 0 Å². The van der Waals surface area contributed by atoms with Crippen molar-refractivity contribution in [2.24, 2.45) is 0 Å². The molecule has 2 aromatic heterocycles. The fourth-order valence-electron chi connectivity index (χ4n) is 8.97. The average molecular weight is 813 g/mol. The van der Waals surface area contributed by atoms with E-state index < -0.39 is 0 Å². The Morgan fingerprint density at radius 1 is 0.361 bits per heavy atom. The average Bonchev–Trinajstić information content (AvgIpc) is 3.94. The quantitative estimate of drug-likeness (QED) is 0.149. The minimum atomic E-state index is 1.06. The smallest absolute Gasteiger partial charge is 0.124 e. The predicted octanol–water partition coefficient (Wildman–Crippen LogP) is 17.1. The summed E-state index contributed by atoms with van der Waals surface area (Å²) in [4.78, 5) is 7.43. The van der Waals surface area contributed by atoms with Gasteiger partial charge in [0, 0.05) is 42.7 Å². The molecule has 0 spiro atoms. The van der Waals surface area contributed by atoms with Gasteiger partial charge in [-0.2, -0.15) is 0 Å². The predicted molar refractivity (Wildman–Crippen MR) is 264 cm³/mol. The van der Waals surface area contributed by atoms with Gasteiger partial charge in [-0.1, -0.05) is 164 Å². The van der Waals surface area contributed by atoms with Gasteiger partial charge in [0.2, 0.25) is 0 Å². The number of hydrogen-bond acceptors (Lipinski definition) is 4. The molecule has 0 bridgehead atoms. The second-order valence-corrected chi connectivity index (χ2v) is 17.6. The monoisotopic (exact) mass is 812 g/mol. The lowest BCUT2D eigenvalue weighted by atomic mass is 9.93. The Morgan fingerprint density at radius 2 is 0.967 bits per heavy atom. The maximum absolute atomic E-state index is 5.03. The van der Waals surface area contributed by atoms with E-state index in [2.05, 4.69) is 223 Å². The fourth-order valence-corrected chi connectivity index (χ4v) is 11.3. The number of nitrogens with zero attached hydrogens (tertiary/aromatic N) is 2. The summed E-state index contributed by atoms with van der Waals surface area (Å²) in [5.41, 5.74) is 12.7. The lowest BCUT2D eigenvalue weighted by molar-refractivity contribution is 1.28. The van der Waals surface area contributed by atoms with Gasteiger partial charge < -0.3 is 4.90 Å². The highest BCUT2D eigenvalue weighted by atomic mass is 32.1. The van der Waals surface area contributed by atoms with Gasteiger partial charge in [0.05, 0.1) is 15.9 Å². The van der Waals surface area contributed by atoms with Gasteiger partial charge in [0.15, 0.2) is 0 Å². The van der Waals surface area contributed by atoms with E-state index in [1.54, 1.807) is 11.3 Å². The molecule has 61 heavy (non-hydrogen) atoms. The highest BCUT2D eigenvalue weighted by Crippen LogP contribution is 2.45. The van der Waals surface area contributed by atoms with Crippen molar-refractivity contribution in [3.63, 3.8) is 0 Å². The summed E-state index contributed by atoms with van der Waals surface area (Å²) in [5, 5.41) is 8.74. The molecule has 0 unspecified atom stereocenters. The molecule has 0 saturated heterocycles. The van der Waals surface area contributed by atoms with E-state index in [0.717, 1.165) is 33.1 Å². The first-order valence-corrected chi connectivity index (χ1v) is 22.2. The molecule has 0 radical (unpaired) electrons. The summed E-state index contributed by atoms with van der Waals surface area (Å²) < 4.78 is 3.84. The first kappa shape index (κ1) is 35.6. The zero-order valence-electron chi connectivity index (χ0n) is 33.0. The topological polar surface area (TPSA) is 16.1 Å². The number of hydrogen-bond donors (Lipinski definition) is 0. The van der Waals surface area contributed by atoms with Gasteiger partial charge in [0.25, 0.3) is 0 Å². The molecule has 2 heterocycles. The Hall–Kier alpha value is -7.37. The summed E-state index contributed by atoms with van der Waals surface area (Å²) >= 11 is 3.65. The van der Waals surface area contributed by atoms with Crippen LogP contribution in [0.15, 0.2) is 218 Å². The maximum Gasteiger partial charge on any atom is 0.124 e. The van der Waals surface area contributed by atoms with Gasteiger partial charge in [-0.25, -0.2) is 4.98 Å². The minimum Gasteiger partial charge on any atom is -0.310 e. The molecule has 0 saturated carbocycles. The van der Waals surface area contributed by atoms with Crippen LogP contribution in [0.2, 0.25) is 0 Å². The molecular formula is C57H36N2S2. The summed E-state index contributed by atoms with van der Waals surface area (Å²) in [6.45, 7) is 0. The Kier molecular flexibility index (Phi) is 8.58. The van der Waals surface area contributed by atoms with Gasteiger partial charge in [-0.15, -0.1) is 22.7 Å². The normalized spacial score (nSPS) is 11.6. The highest BCUT2D eigenvalue weighted by molar-refractivity contribution is 7.28. The summed E-state index contributed by atoms with van der Waals surface area (Å²) in [6, 6.07) is 79.3. The zero-order valence-corrected chi connectivity index (χ0v) is 34.6. The van der Waals surface area contributed by atoms with Crippen LogP contribution in [0.5, 0.6) is 0 Å². The first-order chi connectivity index (χ1) is 30.2. The second kappa shape index (κ2) is 14.7. The molecule has 0 amide bonds. The van der Waals surface area contributed by atoms with E-state index in [9.17, 15) is 0 Å². The number of aromatic nitrogens is 1. The third-order valence-electron chi connectivity index (χ3n) is 11.9. The van der Waals surface area contributed by atoms with Crippen molar-refractivity contribution in [3.05, 3.63) is 218 Å². The minimum absolute atomic E-state index is 1.06. The van der Waals surface area contributed by atoms with Crippen molar-refractivity contribution in [1.82, 2.24) is 4.98 Å². The Labute approximate surface area is 361 Å². The van der Waals surface area contributed by atoms with Crippen molar-refractivity contribution >= 4 is 91.7 Å². The standard InChI is InChI=1S/C57H36N2S2/c1-3-13-38(14-4-1)46-19-11-12-22-52(46)59(44-30-25-39(26-31-44)50-35-42-17-7-8-18-45(42)47-20-9-10-21-48(47)50)43-28-23-37(24-29-43)41-27-32-49-54(36-41)60-53-34-33-51-56(55(49)53)61-57(58-51)40-15-5-2-6-16-40/h1-36H. The molecule has 0 N–H and O–H groups in total. The third kappa shape index (κ3) is 6.19. The van der Waals surface area contributed by atoms with Crippen LogP contribution in [0.25, 0.3) is 95.9 Å². The van der Waals surface area contributed by atoms with E-state index in [4.69, 9.17) is 4.98 Å². The molecule has 12 rings (SSSR count). The summed E-state index contributed by atoms with van der Waals surface area (Å²) in [5.74, 6) is 0. The first-order valence-electron chi connectivity index (χ1n) is 20.6. The van der Waals surface area contributed by atoms with Crippen molar-refractivity contribution in [2.45, 2.75) is 0 Å². The SMILES string of the molecule is c1ccc(-c2nc3ccc4sc5cc(-c6ccc(N(c7ccc(-c8cc9ccccc9c9ccccc89)cc7)c7ccccc7-c7ccccc7)cc6)ccc5c4c3s2)cc1. The van der Waals surface area contributed by atoms with E-state index in [0.29, 0.717) is 0 Å². The van der Waals surface area contributed by atoms with Crippen LogP contribution in [0.4, 0.5) is 17.1 Å². The molecule has 12 aromatic rings.